The Balaban J connectivity index is 1.57. The Bertz CT molecular complexity index is 923. The summed E-state index contributed by atoms with van der Waals surface area (Å²) in [6.45, 7) is 0.667. The number of ether oxygens (including phenoxy) is 1. The maximum Gasteiger partial charge on any atom is 0.227 e. The maximum absolute atomic E-state index is 12.7. The van der Waals surface area contributed by atoms with E-state index in [0.717, 1.165) is 0 Å². The van der Waals surface area contributed by atoms with Gasteiger partial charge in [0.05, 0.1) is 18.6 Å². The number of nitrogens with one attached hydrogen (secondary N) is 1. The number of anilines is 1. The maximum atomic E-state index is 12.7. The third-order valence-corrected chi connectivity index (χ3v) is 6.95. The van der Waals surface area contributed by atoms with Gasteiger partial charge in [-0.25, -0.2) is 12.7 Å². The van der Waals surface area contributed by atoms with Crippen molar-refractivity contribution >= 4 is 33.2 Å². The number of sulfonamides is 1. The van der Waals surface area contributed by atoms with Gasteiger partial charge in [0.25, 0.3) is 0 Å². The number of methoxy groups -OCH3 is 1. The minimum absolute atomic E-state index is 0.0672. The predicted molar refractivity (Wildman–Crippen MR) is 110 cm³/mol. The third kappa shape index (κ3) is 5.04. The van der Waals surface area contributed by atoms with Crippen molar-refractivity contribution in [3.63, 3.8) is 0 Å². The number of rotatable bonds is 6. The molecule has 1 fully saturated rings. The van der Waals surface area contributed by atoms with Crippen LogP contribution in [0.25, 0.3) is 0 Å². The number of hydrogen-bond acceptors (Lipinski definition) is 4. The van der Waals surface area contributed by atoms with Crippen LogP contribution in [-0.2, 0) is 20.6 Å². The Morgan fingerprint density at radius 3 is 2.43 bits per heavy atom. The molecule has 0 aromatic heterocycles. The van der Waals surface area contributed by atoms with Crippen molar-refractivity contribution in [2.45, 2.75) is 18.6 Å². The molecule has 0 aliphatic carbocycles. The second-order valence-corrected chi connectivity index (χ2v) is 9.15. The summed E-state index contributed by atoms with van der Waals surface area (Å²) in [5.74, 6) is 0.187. The first-order chi connectivity index (χ1) is 13.4. The molecule has 3 rings (SSSR count). The standard InChI is InChI=1S/C20H23ClN2O4S/c1-27-19-5-3-2-4-18(19)22-20(24)16-10-12-23(13-11-16)28(25,26)14-15-6-8-17(21)9-7-15/h2-9,16H,10-14H2,1H3,(H,22,24). The molecule has 0 saturated carbocycles. The van der Waals surface area contributed by atoms with Crippen molar-refractivity contribution in [2.24, 2.45) is 5.92 Å². The second-order valence-electron chi connectivity index (χ2n) is 6.75. The van der Waals surface area contributed by atoms with E-state index in [2.05, 4.69) is 5.32 Å². The molecule has 8 heteroatoms. The van der Waals surface area contributed by atoms with E-state index >= 15 is 0 Å². The molecule has 2 aromatic carbocycles. The molecular formula is C20H23ClN2O4S. The van der Waals surface area contributed by atoms with Gasteiger partial charge in [0.15, 0.2) is 0 Å². The Hall–Kier alpha value is -2.09. The van der Waals surface area contributed by atoms with Crippen LogP contribution in [0.2, 0.25) is 5.02 Å². The van der Waals surface area contributed by atoms with Gasteiger partial charge in [-0.2, -0.15) is 0 Å². The lowest BCUT2D eigenvalue weighted by molar-refractivity contribution is -0.120. The Kier molecular flexibility index (Phi) is 6.59. The zero-order chi connectivity index (χ0) is 20.1. The normalized spacial score (nSPS) is 15.9. The number of nitrogens with zero attached hydrogens (tertiary/aromatic N) is 1. The molecule has 0 unspecified atom stereocenters. The highest BCUT2D eigenvalue weighted by Crippen LogP contribution is 2.27. The monoisotopic (exact) mass is 422 g/mol. The van der Waals surface area contributed by atoms with Crippen molar-refractivity contribution < 1.29 is 17.9 Å². The van der Waals surface area contributed by atoms with Crippen LogP contribution >= 0.6 is 11.6 Å². The summed E-state index contributed by atoms with van der Waals surface area (Å²) in [7, 11) is -1.88. The molecule has 1 aliphatic heterocycles. The van der Waals surface area contributed by atoms with Gasteiger partial charge >= 0.3 is 0 Å². The zero-order valence-corrected chi connectivity index (χ0v) is 17.2. The molecule has 1 saturated heterocycles. The molecule has 1 heterocycles. The van der Waals surface area contributed by atoms with Gasteiger partial charge in [-0.3, -0.25) is 4.79 Å². The number of benzene rings is 2. The van der Waals surface area contributed by atoms with Crippen molar-refractivity contribution in [3.05, 3.63) is 59.1 Å². The summed E-state index contributed by atoms with van der Waals surface area (Å²) in [5.41, 5.74) is 1.31. The van der Waals surface area contributed by atoms with Gasteiger partial charge in [-0.15, -0.1) is 0 Å². The molecule has 0 radical (unpaired) electrons. The van der Waals surface area contributed by atoms with Crippen molar-refractivity contribution in [3.8, 4) is 5.75 Å². The zero-order valence-electron chi connectivity index (χ0n) is 15.6. The average Bonchev–Trinajstić information content (AvgIpc) is 2.70. The fourth-order valence-electron chi connectivity index (χ4n) is 3.26. The lowest BCUT2D eigenvalue weighted by Crippen LogP contribution is -2.41. The van der Waals surface area contributed by atoms with Crippen LogP contribution in [0, 0.1) is 5.92 Å². The number of para-hydroxylation sites is 2. The summed E-state index contributed by atoms with van der Waals surface area (Å²) in [5, 5.41) is 3.46. The molecule has 0 bridgehead atoms. The highest BCUT2D eigenvalue weighted by Gasteiger charge is 2.31. The number of carbonyl (C=O) groups is 1. The van der Waals surface area contributed by atoms with Gasteiger partial charge < -0.3 is 10.1 Å². The predicted octanol–water partition coefficient (Wildman–Crippen LogP) is 3.53. The Morgan fingerprint density at radius 2 is 1.79 bits per heavy atom. The van der Waals surface area contributed by atoms with Gasteiger partial charge in [0.2, 0.25) is 15.9 Å². The molecule has 28 heavy (non-hydrogen) atoms. The van der Waals surface area contributed by atoms with Crippen LogP contribution in [-0.4, -0.2) is 38.8 Å². The Labute approximate surface area is 170 Å². The smallest absolute Gasteiger partial charge is 0.227 e. The third-order valence-electron chi connectivity index (χ3n) is 4.85. The van der Waals surface area contributed by atoms with E-state index in [1.807, 2.05) is 12.1 Å². The van der Waals surface area contributed by atoms with Gasteiger partial charge in [-0.1, -0.05) is 35.9 Å². The summed E-state index contributed by atoms with van der Waals surface area (Å²) in [4.78, 5) is 12.6. The number of hydrogen-bond donors (Lipinski definition) is 1. The van der Waals surface area contributed by atoms with Crippen LogP contribution in [0.1, 0.15) is 18.4 Å². The Morgan fingerprint density at radius 1 is 1.14 bits per heavy atom. The molecule has 0 atom stereocenters. The lowest BCUT2D eigenvalue weighted by atomic mass is 9.97. The van der Waals surface area contributed by atoms with E-state index < -0.39 is 10.0 Å². The van der Waals surface area contributed by atoms with E-state index in [9.17, 15) is 13.2 Å². The minimum atomic E-state index is -3.43. The lowest BCUT2D eigenvalue weighted by Gasteiger charge is -2.30. The summed E-state index contributed by atoms with van der Waals surface area (Å²) in [6.07, 6.45) is 0.974. The molecule has 2 aromatic rings. The summed E-state index contributed by atoms with van der Waals surface area (Å²) in [6, 6.07) is 14.0. The van der Waals surface area contributed by atoms with Gasteiger partial charge in [0.1, 0.15) is 5.75 Å². The molecule has 1 aliphatic rings. The second kappa shape index (κ2) is 8.94. The average molecular weight is 423 g/mol. The van der Waals surface area contributed by atoms with E-state index in [-0.39, 0.29) is 17.6 Å². The molecule has 1 amide bonds. The number of amides is 1. The van der Waals surface area contributed by atoms with Crippen molar-refractivity contribution in [1.29, 1.82) is 0 Å². The molecule has 6 nitrogen and oxygen atoms in total. The van der Waals surface area contributed by atoms with Crippen LogP contribution < -0.4 is 10.1 Å². The first-order valence-electron chi connectivity index (χ1n) is 9.05. The molecule has 1 N–H and O–H groups in total. The number of halogens is 1. The van der Waals surface area contributed by atoms with Crippen LogP contribution in [0.3, 0.4) is 0 Å². The largest absolute Gasteiger partial charge is 0.495 e. The van der Waals surface area contributed by atoms with E-state index in [0.29, 0.717) is 48.0 Å². The van der Waals surface area contributed by atoms with E-state index in [1.54, 1.807) is 43.5 Å². The fourth-order valence-corrected chi connectivity index (χ4v) is 4.95. The quantitative estimate of drug-likeness (QED) is 0.772. The van der Waals surface area contributed by atoms with Crippen LogP contribution in [0.4, 0.5) is 5.69 Å². The van der Waals surface area contributed by atoms with Crippen molar-refractivity contribution in [2.75, 3.05) is 25.5 Å². The van der Waals surface area contributed by atoms with Crippen molar-refractivity contribution in [1.82, 2.24) is 4.31 Å². The molecular weight excluding hydrogens is 400 g/mol. The highest BCUT2D eigenvalue weighted by molar-refractivity contribution is 7.88. The van der Waals surface area contributed by atoms with Gasteiger partial charge in [0, 0.05) is 24.0 Å². The van der Waals surface area contributed by atoms with Crippen LogP contribution in [0.5, 0.6) is 5.75 Å². The number of carbonyl (C=O) groups excluding carboxylic acids is 1. The summed E-state index contributed by atoms with van der Waals surface area (Å²) < 4.78 is 32.0. The summed E-state index contributed by atoms with van der Waals surface area (Å²) >= 11 is 5.85. The first kappa shape index (κ1) is 20.6. The highest BCUT2D eigenvalue weighted by atomic mass is 35.5. The minimum Gasteiger partial charge on any atom is -0.495 e. The molecule has 150 valence electrons. The van der Waals surface area contributed by atoms with E-state index in [4.69, 9.17) is 16.3 Å². The SMILES string of the molecule is COc1ccccc1NC(=O)C1CCN(S(=O)(=O)Cc2ccc(Cl)cc2)CC1. The first-order valence-corrected chi connectivity index (χ1v) is 11.0. The van der Waals surface area contributed by atoms with E-state index in [1.165, 1.54) is 4.31 Å². The topological polar surface area (TPSA) is 75.7 Å². The molecule has 0 spiro atoms. The van der Waals surface area contributed by atoms with Gasteiger partial charge in [-0.05, 0) is 42.7 Å². The number of piperidine rings is 1. The fraction of sp³-hybridized carbons (Fsp3) is 0.350. The van der Waals surface area contributed by atoms with Crippen LogP contribution in [0.15, 0.2) is 48.5 Å².